The van der Waals surface area contributed by atoms with Crippen LogP contribution in [0.4, 0.5) is 0 Å². The maximum absolute atomic E-state index is 12.9. The van der Waals surface area contributed by atoms with E-state index in [0.717, 1.165) is 0 Å². The van der Waals surface area contributed by atoms with Gasteiger partial charge in [0, 0.05) is 0 Å². The first-order valence-corrected chi connectivity index (χ1v) is 19.2. The monoisotopic (exact) mass is 1020 g/mol. The Balaban J connectivity index is -0.00000149. The van der Waals surface area contributed by atoms with E-state index in [-0.39, 0.29) is 33.0 Å². The van der Waals surface area contributed by atoms with Crippen LogP contribution in [0.2, 0.25) is 0 Å². The summed E-state index contributed by atoms with van der Waals surface area (Å²) in [4.78, 5) is 81.7. The Kier molecular flexibility index (Phi) is 26.2. The molecule has 0 saturated carbocycles. The summed E-state index contributed by atoms with van der Waals surface area (Å²) in [6.07, 6.45) is 1.54. The van der Waals surface area contributed by atoms with Gasteiger partial charge in [-0.1, -0.05) is 69.8 Å². The fourth-order valence-corrected chi connectivity index (χ4v) is 2.55. The molecule has 0 saturated heterocycles. The summed E-state index contributed by atoms with van der Waals surface area (Å²) >= 11 is 12.2. The van der Waals surface area contributed by atoms with E-state index in [4.69, 9.17) is 38.6 Å². The summed E-state index contributed by atoms with van der Waals surface area (Å²) in [6.45, 7) is 19.5. The second-order valence-electron chi connectivity index (χ2n) is 13.8. The van der Waals surface area contributed by atoms with Crippen molar-refractivity contribution in [2.45, 2.75) is 93.5 Å². The van der Waals surface area contributed by atoms with Crippen LogP contribution in [0, 0.1) is 17.3 Å². The lowest BCUT2D eigenvalue weighted by molar-refractivity contribution is -0.174. The predicted octanol–water partition coefficient (Wildman–Crippen LogP) is 6.02. The number of rotatable bonds is 20. The molecule has 0 heterocycles. The van der Waals surface area contributed by atoms with Gasteiger partial charge in [0.15, 0.2) is 0 Å². The highest BCUT2D eigenvalue weighted by Gasteiger charge is 2.40. The molecule has 308 valence electrons. The van der Waals surface area contributed by atoms with Crippen LogP contribution in [0.25, 0.3) is 0 Å². The summed E-state index contributed by atoms with van der Waals surface area (Å²) in [5, 5.41) is 16.4. The lowest BCUT2D eigenvalue weighted by atomic mass is 9.93. The highest BCUT2D eigenvalue weighted by atomic mass is 79.9. The smallest absolute Gasteiger partial charge is 0.322 e. The first kappa shape index (κ1) is 55.2. The van der Waals surface area contributed by atoms with E-state index in [9.17, 15) is 33.6 Å². The summed E-state index contributed by atoms with van der Waals surface area (Å²) in [6, 6.07) is 0. The van der Waals surface area contributed by atoms with Gasteiger partial charge in [-0.15, -0.1) is 6.58 Å². The van der Waals surface area contributed by atoms with Gasteiger partial charge in [0.2, 0.25) is 0 Å². The number of carbonyl (C=O) groups is 7. The molecule has 0 aromatic rings. The van der Waals surface area contributed by atoms with Gasteiger partial charge in [-0.05, 0) is 76.2 Å². The molecule has 2 unspecified atom stereocenters. The Hall–Kier alpha value is -2.09. The van der Waals surface area contributed by atoms with Gasteiger partial charge in [0.25, 0.3) is 0 Å². The number of esters is 5. The van der Waals surface area contributed by atoms with Crippen molar-refractivity contribution in [3.63, 3.8) is 0 Å². The minimum atomic E-state index is -1.56. The molecule has 0 amide bonds. The lowest BCUT2D eigenvalue weighted by Crippen LogP contribution is -2.42. The van der Waals surface area contributed by atoms with Crippen molar-refractivity contribution in [1.82, 2.24) is 0 Å². The predicted molar refractivity (Wildman–Crippen MR) is 210 cm³/mol. The van der Waals surface area contributed by atoms with Crippen molar-refractivity contribution in [3.05, 3.63) is 12.7 Å². The Morgan fingerprint density at radius 2 is 0.887 bits per heavy atom. The van der Waals surface area contributed by atoms with Gasteiger partial charge in [0.05, 0.1) is 25.0 Å². The standard InChI is InChI=1S/C26H40Br2O11.2C4H7BrO2/c1-9-10-34-11-12-35-23(33)26(8,15-38-19(29)17(2)13-36-21(31)24(4,5)27)16-39-20(30)18(3)14-37-22(32)25(6,7)28;2*1-4(2,5)3(6)7/h9,17-18H,1,10-16H2,2-8H3;2*1-2H3,(H,6,7). The summed E-state index contributed by atoms with van der Waals surface area (Å²) in [5.74, 6) is -6.69. The molecule has 2 N–H and O–H groups in total. The van der Waals surface area contributed by atoms with Gasteiger partial charge in [0.1, 0.15) is 55.7 Å². The van der Waals surface area contributed by atoms with E-state index in [1.54, 1.807) is 61.5 Å². The largest absolute Gasteiger partial charge is 0.480 e. The molecule has 0 bridgehead atoms. The number of carbonyl (C=O) groups excluding carboxylic acids is 5. The molecular formula is C34H54Br4O15. The van der Waals surface area contributed by atoms with Crippen LogP contribution in [-0.2, 0) is 62.0 Å². The lowest BCUT2D eigenvalue weighted by Gasteiger charge is -2.27. The molecule has 0 aliphatic heterocycles. The highest BCUT2D eigenvalue weighted by molar-refractivity contribution is 9.10. The first-order valence-electron chi connectivity index (χ1n) is 16.0. The van der Waals surface area contributed by atoms with E-state index in [0.29, 0.717) is 0 Å². The van der Waals surface area contributed by atoms with Gasteiger partial charge >= 0.3 is 41.8 Å². The van der Waals surface area contributed by atoms with Crippen LogP contribution in [-0.4, -0.2) is 116 Å². The van der Waals surface area contributed by atoms with E-state index in [1.807, 2.05) is 0 Å². The van der Waals surface area contributed by atoms with E-state index >= 15 is 0 Å². The van der Waals surface area contributed by atoms with Crippen LogP contribution in [0.15, 0.2) is 12.7 Å². The Labute approximate surface area is 345 Å². The van der Waals surface area contributed by atoms with Crippen LogP contribution < -0.4 is 0 Å². The molecule has 2 atom stereocenters. The fourth-order valence-electron chi connectivity index (χ4n) is 2.32. The summed E-state index contributed by atoms with van der Waals surface area (Å²) in [7, 11) is 0. The van der Waals surface area contributed by atoms with E-state index < -0.39 is 89.5 Å². The maximum atomic E-state index is 12.9. The van der Waals surface area contributed by atoms with Crippen molar-refractivity contribution in [2.24, 2.45) is 17.3 Å². The number of hydrogen-bond acceptors (Lipinski definition) is 13. The van der Waals surface area contributed by atoms with E-state index in [1.165, 1.54) is 20.8 Å². The third-order valence-corrected chi connectivity index (χ3v) is 7.30. The number of alkyl halides is 4. The number of ether oxygens (including phenoxy) is 6. The Bertz CT molecular complexity index is 1150. The van der Waals surface area contributed by atoms with Crippen molar-refractivity contribution in [1.29, 1.82) is 0 Å². The normalized spacial score (nSPS) is 13.8. The van der Waals surface area contributed by atoms with Crippen molar-refractivity contribution in [2.75, 3.05) is 46.2 Å². The molecule has 0 aliphatic carbocycles. The molecule has 0 spiro atoms. The number of aliphatic carboxylic acids is 2. The second-order valence-corrected chi connectivity index (χ2v) is 21.7. The zero-order chi connectivity index (χ0) is 42.6. The number of halogens is 4. The summed E-state index contributed by atoms with van der Waals surface area (Å²) in [5.41, 5.74) is -1.56. The average molecular weight is 1020 g/mol. The molecule has 0 aliphatic rings. The van der Waals surface area contributed by atoms with Gasteiger partial charge < -0.3 is 38.6 Å². The van der Waals surface area contributed by atoms with Crippen LogP contribution >= 0.6 is 63.7 Å². The zero-order valence-electron chi connectivity index (χ0n) is 32.1. The maximum Gasteiger partial charge on any atom is 0.322 e. The zero-order valence-corrected chi connectivity index (χ0v) is 38.4. The number of carboxylic acid groups (broad SMARTS) is 2. The third-order valence-electron chi connectivity index (χ3n) is 5.98. The molecule has 0 radical (unpaired) electrons. The Morgan fingerprint density at radius 1 is 0.566 bits per heavy atom. The second kappa shape index (κ2) is 25.1. The van der Waals surface area contributed by atoms with Crippen molar-refractivity contribution in [3.8, 4) is 0 Å². The molecule has 19 heteroatoms. The van der Waals surface area contributed by atoms with Crippen molar-refractivity contribution >= 4 is 106 Å². The summed E-state index contributed by atoms with van der Waals surface area (Å²) < 4.78 is 27.9. The molecule has 0 aromatic carbocycles. The van der Waals surface area contributed by atoms with Gasteiger partial charge in [-0.25, -0.2) is 0 Å². The SMILES string of the molecule is C=CCOCCOC(=O)C(C)(COC(=O)C(C)COC(=O)C(C)(C)Br)COC(=O)C(C)COC(=O)C(C)(C)Br.CC(C)(Br)C(=O)O.CC(C)(Br)C(=O)O. The molecule has 0 fully saturated rings. The minimum absolute atomic E-state index is 0.0898. The topological polar surface area (TPSA) is 215 Å². The van der Waals surface area contributed by atoms with Crippen LogP contribution in [0.5, 0.6) is 0 Å². The molecule has 0 rings (SSSR count). The molecule has 15 nitrogen and oxygen atoms in total. The Morgan fingerprint density at radius 3 is 1.15 bits per heavy atom. The first-order chi connectivity index (χ1) is 23.7. The van der Waals surface area contributed by atoms with E-state index in [2.05, 4.69) is 70.3 Å². The molecular weight excluding hydrogens is 968 g/mol. The molecule has 53 heavy (non-hydrogen) atoms. The fraction of sp³-hybridized carbons (Fsp3) is 0.735. The highest BCUT2D eigenvalue weighted by Crippen LogP contribution is 2.23. The van der Waals surface area contributed by atoms with Gasteiger partial charge in [-0.3, -0.25) is 33.6 Å². The quantitative estimate of drug-likeness (QED) is 0.0469. The minimum Gasteiger partial charge on any atom is -0.480 e. The van der Waals surface area contributed by atoms with Crippen LogP contribution in [0.3, 0.4) is 0 Å². The number of hydrogen-bond donors (Lipinski definition) is 2. The van der Waals surface area contributed by atoms with Gasteiger partial charge in [-0.2, -0.15) is 0 Å². The number of carboxylic acids is 2. The van der Waals surface area contributed by atoms with Crippen LogP contribution in [0.1, 0.15) is 76.2 Å². The average Bonchev–Trinajstić information content (AvgIpc) is 3.01. The van der Waals surface area contributed by atoms with Crippen molar-refractivity contribution < 1.29 is 72.2 Å². The molecule has 0 aromatic heterocycles. The third kappa shape index (κ3) is 27.2.